The molecule has 0 saturated carbocycles. The maximum absolute atomic E-state index is 12.3. The molecular weight excluding hydrogens is 338 g/mol. The Morgan fingerprint density at radius 2 is 1.89 bits per heavy atom. The molecule has 5 heteroatoms. The number of carbonyl (C=O) groups excluding carboxylic acids is 1. The van der Waals surface area contributed by atoms with Gasteiger partial charge in [-0.1, -0.05) is 38.5 Å². The normalized spacial score (nSPS) is 12.3. The average molecular weight is 365 g/mol. The molecule has 1 aromatic heterocycles. The summed E-state index contributed by atoms with van der Waals surface area (Å²) in [6.07, 6.45) is 3.59. The van der Waals surface area contributed by atoms with Crippen LogP contribution in [0.1, 0.15) is 50.4 Å². The van der Waals surface area contributed by atoms with Crippen LogP contribution in [0.3, 0.4) is 0 Å². The number of ether oxygens (including phenoxy) is 1. The van der Waals surface area contributed by atoms with Crippen molar-refractivity contribution in [3.63, 3.8) is 0 Å². The van der Waals surface area contributed by atoms with Crippen LogP contribution in [0.15, 0.2) is 48.5 Å². The summed E-state index contributed by atoms with van der Waals surface area (Å²) in [5.74, 6) is 1.88. The summed E-state index contributed by atoms with van der Waals surface area (Å²) in [6.45, 7) is 6.58. The van der Waals surface area contributed by atoms with Crippen LogP contribution in [0, 0.1) is 5.92 Å². The molecule has 1 unspecified atom stereocenters. The Bertz CT molecular complexity index is 887. The monoisotopic (exact) mass is 365 g/mol. The minimum atomic E-state index is -0.178. The molecule has 0 saturated heterocycles. The third kappa shape index (κ3) is 5.09. The van der Waals surface area contributed by atoms with Gasteiger partial charge in [0.2, 0.25) is 0 Å². The molecule has 27 heavy (non-hydrogen) atoms. The molecule has 1 heterocycles. The lowest BCUT2D eigenvalue weighted by atomic mass is 10.0. The number of nitrogens with zero attached hydrogens (tertiary/aromatic N) is 1. The summed E-state index contributed by atoms with van der Waals surface area (Å²) in [5.41, 5.74) is 1.44. The Morgan fingerprint density at radius 3 is 2.63 bits per heavy atom. The van der Waals surface area contributed by atoms with Gasteiger partial charge in [0.15, 0.2) is 5.82 Å². The molecule has 0 spiro atoms. The SMILES string of the molecule is CC(C)CCCC(C)Oc1ccc2c(NC(=O)c3ccccc3)n[nH]c2c1. The molecule has 3 rings (SSSR count). The third-order valence-corrected chi connectivity index (χ3v) is 4.53. The van der Waals surface area contributed by atoms with E-state index in [9.17, 15) is 4.79 Å². The van der Waals surface area contributed by atoms with E-state index in [2.05, 4.69) is 36.3 Å². The van der Waals surface area contributed by atoms with E-state index in [1.807, 2.05) is 36.4 Å². The van der Waals surface area contributed by atoms with Gasteiger partial charge in [-0.3, -0.25) is 9.89 Å². The maximum Gasteiger partial charge on any atom is 0.256 e. The number of hydrogen-bond donors (Lipinski definition) is 2. The molecule has 0 aliphatic carbocycles. The molecule has 1 atom stereocenters. The van der Waals surface area contributed by atoms with Gasteiger partial charge in [0.05, 0.1) is 11.6 Å². The second-order valence-corrected chi connectivity index (χ2v) is 7.35. The van der Waals surface area contributed by atoms with E-state index in [0.29, 0.717) is 11.4 Å². The number of hydrogen-bond acceptors (Lipinski definition) is 3. The van der Waals surface area contributed by atoms with Crippen molar-refractivity contribution in [3.8, 4) is 5.75 Å². The van der Waals surface area contributed by atoms with Crippen molar-refractivity contribution in [2.24, 2.45) is 5.92 Å². The molecule has 3 aromatic rings. The van der Waals surface area contributed by atoms with E-state index in [4.69, 9.17) is 4.74 Å². The Kier molecular flexibility index (Phi) is 6.12. The van der Waals surface area contributed by atoms with E-state index in [1.165, 1.54) is 12.8 Å². The highest BCUT2D eigenvalue weighted by Gasteiger charge is 2.12. The topological polar surface area (TPSA) is 67.0 Å². The van der Waals surface area contributed by atoms with Crippen LogP contribution in [-0.4, -0.2) is 22.2 Å². The first-order valence-corrected chi connectivity index (χ1v) is 9.54. The number of aromatic amines is 1. The van der Waals surface area contributed by atoms with E-state index in [0.717, 1.165) is 29.0 Å². The number of H-pyrrole nitrogens is 1. The predicted molar refractivity (Wildman–Crippen MR) is 109 cm³/mol. The van der Waals surface area contributed by atoms with Gasteiger partial charge < -0.3 is 10.1 Å². The number of fused-ring (bicyclic) bond motifs is 1. The fraction of sp³-hybridized carbons (Fsp3) is 0.364. The summed E-state index contributed by atoms with van der Waals surface area (Å²) in [6, 6.07) is 14.9. The molecule has 0 radical (unpaired) electrons. The third-order valence-electron chi connectivity index (χ3n) is 4.53. The molecule has 0 fully saturated rings. The zero-order valence-electron chi connectivity index (χ0n) is 16.2. The van der Waals surface area contributed by atoms with E-state index < -0.39 is 0 Å². The van der Waals surface area contributed by atoms with Gasteiger partial charge >= 0.3 is 0 Å². The lowest BCUT2D eigenvalue weighted by Crippen LogP contribution is -2.12. The number of benzene rings is 2. The van der Waals surface area contributed by atoms with Crippen molar-refractivity contribution in [1.29, 1.82) is 0 Å². The fourth-order valence-electron chi connectivity index (χ4n) is 3.04. The Hall–Kier alpha value is -2.82. The highest BCUT2D eigenvalue weighted by atomic mass is 16.5. The first-order valence-electron chi connectivity index (χ1n) is 9.54. The number of anilines is 1. The van der Waals surface area contributed by atoms with Crippen LogP contribution in [0.4, 0.5) is 5.82 Å². The summed E-state index contributed by atoms with van der Waals surface area (Å²) in [4.78, 5) is 12.3. The number of amides is 1. The maximum atomic E-state index is 12.3. The minimum absolute atomic E-state index is 0.168. The van der Waals surface area contributed by atoms with Gasteiger partial charge in [-0.15, -0.1) is 0 Å². The summed E-state index contributed by atoms with van der Waals surface area (Å²) < 4.78 is 6.03. The summed E-state index contributed by atoms with van der Waals surface area (Å²) in [7, 11) is 0. The predicted octanol–water partition coefficient (Wildman–Crippen LogP) is 5.41. The summed E-state index contributed by atoms with van der Waals surface area (Å²) in [5, 5.41) is 10.9. The first-order chi connectivity index (χ1) is 13.0. The number of carbonyl (C=O) groups is 1. The van der Waals surface area contributed by atoms with Crippen LogP contribution >= 0.6 is 0 Å². The molecule has 0 aliphatic rings. The lowest BCUT2D eigenvalue weighted by Gasteiger charge is -2.15. The lowest BCUT2D eigenvalue weighted by molar-refractivity contribution is 0.102. The molecule has 5 nitrogen and oxygen atoms in total. The van der Waals surface area contributed by atoms with Gasteiger partial charge in [0, 0.05) is 17.0 Å². The second-order valence-electron chi connectivity index (χ2n) is 7.35. The number of aromatic nitrogens is 2. The van der Waals surface area contributed by atoms with Crippen molar-refractivity contribution in [2.75, 3.05) is 5.32 Å². The zero-order valence-corrected chi connectivity index (χ0v) is 16.2. The quantitative estimate of drug-likeness (QED) is 0.561. The van der Waals surface area contributed by atoms with Crippen LogP contribution in [0.2, 0.25) is 0 Å². The van der Waals surface area contributed by atoms with Crippen molar-refractivity contribution in [2.45, 2.75) is 46.1 Å². The van der Waals surface area contributed by atoms with Crippen molar-refractivity contribution < 1.29 is 9.53 Å². The Balaban J connectivity index is 1.65. The van der Waals surface area contributed by atoms with Gasteiger partial charge in [-0.25, -0.2) is 0 Å². The molecule has 2 aromatic carbocycles. The second kappa shape index (κ2) is 8.71. The highest BCUT2D eigenvalue weighted by molar-refractivity contribution is 6.07. The van der Waals surface area contributed by atoms with Crippen LogP contribution < -0.4 is 10.1 Å². The molecule has 0 aliphatic heterocycles. The van der Waals surface area contributed by atoms with E-state index in [-0.39, 0.29) is 12.0 Å². The largest absolute Gasteiger partial charge is 0.491 e. The van der Waals surface area contributed by atoms with Gasteiger partial charge in [-0.05, 0) is 49.9 Å². The van der Waals surface area contributed by atoms with Crippen LogP contribution in [-0.2, 0) is 0 Å². The zero-order chi connectivity index (χ0) is 19.2. The first kappa shape index (κ1) is 19.0. The average Bonchev–Trinajstić information content (AvgIpc) is 3.04. The molecule has 0 bridgehead atoms. The van der Waals surface area contributed by atoms with Crippen LogP contribution in [0.5, 0.6) is 5.75 Å². The number of nitrogens with one attached hydrogen (secondary N) is 2. The smallest absolute Gasteiger partial charge is 0.256 e. The standard InChI is InChI=1S/C22H27N3O2/c1-15(2)8-7-9-16(3)27-18-12-13-19-20(14-18)24-25-21(19)23-22(26)17-10-5-4-6-11-17/h4-6,10-16H,7-9H2,1-3H3,(H2,23,24,25,26). The van der Waals surface area contributed by atoms with Crippen LogP contribution in [0.25, 0.3) is 10.9 Å². The van der Waals surface area contributed by atoms with Gasteiger partial charge in [-0.2, -0.15) is 5.10 Å². The van der Waals surface area contributed by atoms with Crippen molar-refractivity contribution >= 4 is 22.6 Å². The van der Waals surface area contributed by atoms with Crippen molar-refractivity contribution in [1.82, 2.24) is 10.2 Å². The fourth-order valence-corrected chi connectivity index (χ4v) is 3.04. The van der Waals surface area contributed by atoms with E-state index >= 15 is 0 Å². The Labute approximate surface area is 160 Å². The van der Waals surface area contributed by atoms with Gasteiger partial charge in [0.1, 0.15) is 5.75 Å². The Morgan fingerprint density at radius 1 is 1.11 bits per heavy atom. The molecule has 1 amide bonds. The highest BCUT2D eigenvalue weighted by Crippen LogP contribution is 2.26. The summed E-state index contributed by atoms with van der Waals surface area (Å²) >= 11 is 0. The molecule has 142 valence electrons. The van der Waals surface area contributed by atoms with E-state index in [1.54, 1.807) is 12.1 Å². The number of rotatable bonds is 8. The van der Waals surface area contributed by atoms with Crippen molar-refractivity contribution in [3.05, 3.63) is 54.1 Å². The minimum Gasteiger partial charge on any atom is -0.491 e. The molecular formula is C22H27N3O2. The molecule has 2 N–H and O–H groups in total. The van der Waals surface area contributed by atoms with Gasteiger partial charge in [0.25, 0.3) is 5.91 Å².